The van der Waals surface area contributed by atoms with Gasteiger partial charge in [0.25, 0.3) is 5.91 Å². The third-order valence-electron chi connectivity index (χ3n) is 4.57. The van der Waals surface area contributed by atoms with Crippen LogP contribution in [0, 0.1) is 0 Å². The molecule has 0 saturated carbocycles. The van der Waals surface area contributed by atoms with Crippen molar-refractivity contribution in [3.63, 3.8) is 0 Å². The van der Waals surface area contributed by atoms with Crippen molar-refractivity contribution in [2.24, 2.45) is 0 Å². The van der Waals surface area contributed by atoms with Crippen molar-refractivity contribution in [2.45, 2.75) is 39.0 Å². The van der Waals surface area contributed by atoms with Crippen LogP contribution in [-0.4, -0.2) is 47.2 Å². The summed E-state index contributed by atoms with van der Waals surface area (Å²) in [6.07, 6.45) is 3.29. The van der Waals surface area contributed by atoms with Crippen molar-refractivity contribution in [1.29, 1.82) is 0 Å². The van der Waals surface area contributed by atoms with Crippen molar-refractivity contribution in [3.8, 4) is 0 Å². The maximum atomic E-state index is 12.7. The summed E-state index contributed by atoms with van der Waals surface area (Å²) >= 11 is 0. The van der Waals surface area contributed by atoms with Crippen LogP contribution >= 0.6 is 0 Å². The summed E-state index contributed by atoms with van der Waals surface area (Å²) in [7, 11) is 0. The molecule has 0 radical (unpaired) electrons. The van der Waals surface area contributed by atoms with Crippen LogP contribution in [0.4, 0.5) is 0 Å². The van der Waals surface area contributed by atoms with Crippen molar-refractivity contribution in [2.75, 3.05) is 19.6 Å². The quantitative estimate of drug-likeness (QED) is 0.762. The van der Waals surface area contributed by atoms with Crippen LogP contribution in [0.15, 0.2) is 15.3 Å². The van der Waals surface area contributed by atoms with Gasteiger partial charge in [-0.05, 0) is 31.2 Å². The number of amides is 3. The van der Waals surface area contributed by atoms with E-state index in [0.29, 0.717) is 25.1 Å². The number of piperidine rings is 1. The van der Waals surface area contributed by atoms with Crippen LogP contribution in [0.3, 0.4) is 0 Å². The van der Waals surface area contributed by atoms with E-state index in [0.717, 1.165) is 24.2 Å². The van der Waals surface area contributed by atoms with Crippen LogP contribution in [0.2, 0.25) is 0 Å². The summed E-state index contributed by atoms with van der Waals surface area (Å²) in [5.74, 6) is -1.16. The highest BCUT2D eigenvalue weighted by Crippen LogP contribution is 2.23. The highest BCUT2D eigenvalue weighted by atomic mass is 16.4. The summed E-state index contributed by atoms with van der Waals surface area (Å²) < 4.78 is 5.03. The van der Waals surface area contributed by atoms with Gasteiger partial charge in [-0.1, -0.05) is 6.92 Å². The molecule has 1 aromatic heterocycles. The van der Waals surface area contributed by atoms with Crippen molar-refractivity contribution < 1.29 is 18.8 Å². The maximum absolute atomic E-state index is 12.7. The molecule has 24 heavy (non-hydrogen) atoms. The summed E-state index contributed by atoms with van der Waals surface area (Å²) in [4.78, 5) is 51.6. The first-order chi connectivity index (χ1) is 11.5. The monoisotopic (exact) mass is 332 g/mol. The SMILES string of the molecule is CCc1cc(=O)oc2c1C(=O)N(CC(=O)N1CCCCC1)C(=O)C2. The largest absolute Gasteiger partial charge is 0.426 e. The molecule has 7 nitrogen and oxygen atoms in total. The number of carbonyl (C=O) groups is 3. The fraction of sp³-hybridized carbons (Fsp3) is 0.529. The molecule has 1 aromatic rings. The molecule has 0 spiro atoms. The molecule has 3 amide bonds. The lowest BCUT2D eigenvalue weighted by Crippen LogP contribution is -2.50. The Morgan fingerprint density at radius 2 is 1.88 bits per heavy atom. The van der Waals surface area contributed by atoms with E-state index in [1.165, 1.54) is 6.07 Å². The van der Waals surface area contributed by atoms with E-state index >= 15 is 0 Å². The van der Waals surface area contributed by atoms with Gasteiger partial charge in [0.05, 0.1) is 12.0 Å². The smallest absolute Gasteiger partial charge is 0.336 e. The summed E-state index contributed by atoms with van der Waals surface area (Å²) in [6, 6.07) is 1.27. The number of nitrogens with zero attached hydrogens (tertiary/aromatic N) is 2. The van der Waals surface area contributed by atoms with E-state index in [1.807, 2.05) is 6.92 Å². The molecule has 1 fully saturated rings. The van der Waals surface area contributed by atoms with E-state index in [4.69, 9.17) is 4.42 Å². The molecule has 0 bridgehead atoms. The van der Waals surface area contributed by atoms with Crippen molar-refractivity contribution in [3.05, 3.63) is 33.4 Å². The first-order valence-electron chi connectivity index (χ1n) is 8.29. The molecule has 0 unspecified atom stereocenters. The fourth-order valence-electron chi connectivity index (χ4n) is 3.27. The number of likely N-dealkylation sites (tertiary alicyclic amines) is 1. The number of aryl methyl sites for hydroxylation is 1. The van der Waals surface area contributed by atoms with E-state index in [2.05, 4.69) is 0 Å². The van der Waals surface area contributed by atoms with Crippen LogP contribution in [0.5, 0.6) is 0 Å². The Bertz CT molecular complexity index is 746. The van der Waals surface area contributed by atoms with E-state index in [1.54, 1.807) is 4.90 Å². The zero-order chi connectivity index (χ0) is 17.3. The van der Waals surface area contributed by atoms with Gasteiger partial charge < -0.3 is 9.32 Å². The first-order valence-corrected chi connectivity index (χ1v) is 8.29. The Hall–Kier alpha value is -2.44. The molecule has 3 heterocycles. The van der Waals surface area contributed by atoms with E-state index in [-0.39, 0.29) is 30.2 Å². The summed E-state index contributed by atoms with van der Waals surface area (Å²) in [5.41, 5.74) is 0.237. The van der Waals surface area contributed by atoms with Crippen LogP contribution in [0.1, 0.15) is 47.9 Å². The standard InChI is InChI=1S/C17H20N2O5/c1-2-11-8-15(22)24-12-9-13(20)19(17(23)16(11)12)10-14(21)18-6-4-3-5-7-18/h8H,2-7,9-10H2,1H3. The number of hydrogen-bond donors (Lipinski definition) is 0. The van der Waals surface area contributed by atoms with Gasteiger partial charge in [0.2, 0.25) is 11.8 Å². The molecular formula is C17H20N2O5. The zero-order valence-corrected chi connectivity index (χ0v) is 13.7. The van der Waals surface area contributed by atoms with Gasteiger partial charge in [-0.3, -0.25) is 19.3 Å². The predicted octanol–water partition coefficient (Wildman–Crippen LogP) is 0.740. The second-order valence-electron chi connectivity index (χ2n) is 6.15. The summed E-state index contributed by atoms with van der Waals surface area (Å²) in [6.45, 7) is 2.91. The fourth-order valence-corrected chi connectivity index (χ4v) is 3.27. The number of rotatable bonds is 3. The second kappa shape index (κ2) is 6.59. The first kappa shape index (κ1) is 16.4. The van der Waals surface area contributed by atoms with E-state index in [9.17, 15) is 19.2 Å². The number of fused-ring (bicyclic) bond motifs is 1. The van der Waals surface area contributed by atoms with Crippen molar-refractivity contribution >= 4 is 17.7 Å². The van der Waals surface area contributed by atoms with Gasteiger partial charge in [-0.25, -0.2) is 4.79 Å². The molecule has 0 aliphatic carbocycles. The van der Waals surface area contributed by atoms with Crippen molar-refractivity contribution in [1.82, 2.24) is 9.80 Å². The third kappa shape index (κ3) is 2.98. The normalized spacial score (nSPS) is 17.9. The second-order valence-corrected chi connectivity index (χ2v) is 6.15. The Balaban J connectivity index is 1.86. The molecule has 3 rings (SSSR count). The molecule has 0 atom stereocenters. The lowest BCUT2D eigenvalue weighted by molar-refractivity contribution is -0.139. The minimum atomic E-state index is -0.566. The average molecular weight is 332 g/mol. The van der Waals surface area contributed by atoms with Gasteiger partial charge in [-0.15, -0.1) is 0 Å². The predicted molar refractivity (Wildman–Crippen MR) is 84.5 cm³/mol. The highest BCUT2D eigenvalue weighted by molar-refractivity contribution is 6.11. The zero-order valence-electron chi connectivity index (χ0n) is 13.7. The molecular weight excluding hydrogens is 312 g/mol. The molecule has 2 aliphatic rings. The molecule has 0 aromatic carbocycles. The molecule has 1 saturated heterocycles. The third-order valence-corrected chi connectivity index (χ3v) is 4.57. The summed E-state index contributed by atoms with van der Waals surface area (Å²) in [5, 5.41) is 0. The lowest BCUT2D eigenvalue weighted by atomic mass is 9.98. The molecule has 7 heteroatoms. The molecule has 0 N–H and O–H groups in total. The number of hydrogen-bond acceptors (Lipinski definition) is 5. The van der Waals surface area contributed by atoms with Gasteiger partial charge in [0, 0.05) is 19.2 Å². The molecule has 128 valence electrons. The van der Waals surface area contributed by atoms with E-state index < -0.39 is 17.4 Å². The van der Waals surface area contributed by atoms with Crippen LogP contribution < -0.4 is 5.63 Å². The van der Waals surface area contributed by atoms with Gasteiger partial charge in [-0.2, -0.15) is 0 Å². The maximum Gasteiger partial charge on any atom is 0.336 e. The number of imide groups is 1. The van der Waals surface area contributed by atoms with Gasteiger partial charge in [0.1, 0.15) is 12.3 Å². The number of carbonyl (C=O) groups excluding carboxylic acids is 3. The molecule has 2 aliphatic heterocycles. The Morgan fingerprint density at radius 3 is 2.54 bits per heavy atom. The Kier molecular flexibility index (Phi) is 4.51. The Morgan fingerprint density at radius 1 is 1.17 bits per heavy atom. The van der Waals surface area contributed by atoms with Gasteiger partial charge in [0.15, 0.2) is 0 Å². The van der Waals surface area contributed by atoms with Gasteiger partial charge >= 0.3 is 5.63 Å². The lowest BCUT2D eigenvalue weighted by Gasteiger charge is -2.31. The average Bonchev–Trinajstić information content (AvgIpc) is 2.58. The minimum Gasteiger partial charge on any atom is -0.426 e. The van der Waals surface area contributed by atoms with Crippen LogP contribution in [-0.2, 0) is 22.4 Å². The Labute approximate surface area is 139 Å². The minimum absolute atomic E-state index is 0.107. The topological polar surface area (TPSA) is 87.9 Å². The van der Waals surface area contributed by atoms with Crippen LogP contribution in [0.25, 0.3) is 0 Å². The highest BCUT2D eigenvalue weighted by Gasteiger charge is 2.36.